The largest absolute Gasteiger partial charge is 0.334 e. The van der Waals surface area contributed by atoms with Crippen LogP contribution in [0.15, 0.2) is 42.5 Å². The summed E-state index contributed by atoms with van der Waals surface area (Å²) in [6.45, 7) is 2.29. The van der Waals surface area contributed by atoms with Crippen LogP contribution in [0.3, 0.4) is 0 Å². The van der Waals surface area contributed by atoms with Gasteiger partial charge in [0.25, 0.3) is 0 Å². The van der Waals surface area contributed by atoms with Crippen LogP contribution in [0, 0.1) is 17.5 Å². The lowest BCUT2D eigenvalue weighted by atomic mass is 10.2. The number of urea groups is 1. The van der Waals surface area contributed by atoms with Crippen molar-refractivity contribution in [2.75, 3.05) is 18.4 Å². The fourth-order valence-electron chi connectivity index (χ4n) is 2.90. The summed E-state index contributed by atoms with van der Waals surface area (Å²) < 4.78 is 39.6. The molecule has 1 fully saturated rings. The van der Waals surface area contributed by atoms with Crippen molar-refractivity contribution >= 4 is 11.7 Å². The Kier molecular flexibility index (Phi) is 5.23. The molecule has 1 heterocycles. The van der Waals surface area contributed by atoms with E-state index in [9.17, 15) is 18.0 Å². The maximum absolute atomic E-state index is 13.6. The Hall–Kier alpha value is -2.54. The van der Waals surface area contributed by atoms with Crippen molar-refractivity contribution in [1.82, 2.24) is 10.2 Å². The first kappa shape index (κ1) is 17.3. The van der Waals surface area contributed by atoms with Crippen molar-refractivity contribution in [3.63, 3.8) is 0 Å². The highest BCUT2D eigenvalue weighted by Gasteiger charge is 2.24. The molecule has 0 radical (unpaired) electrons. The van der Waals surface area contributed by atoms with E-state index in [0.29, 0.717) is 6.54 Å². The number of hydrogen-bond donors (Lipinski definition) is 2. The van der Waals surface area contributed by atoms with E-state index < -0.39 is 29.2 Å². The molecule has 25 heavy (non-hydrogen) atoms. The summed E-state index contributed by atoms with van der Waals surface area (Å²) in [6, 6.07) is 11.0. The van der Waals surface area contributed by atoms with Crippen molar-refractivity contribution in [2.24, 2.45) is 0 Å². The first-order valence-electron chi connectivity index (χ1n) is 8.00. The second-order valence-corrected chi connectivity index (χ2v) is 6.03. The number of carbonyl (C=O) groups is 1. The zero-order valence-electron chi connectivity index (χ0n) is 13.4. The van der Waals surface area contributed by atoms with E-state index in [1.165, 1.54) is 5.56 Å². The quantitative estimate of drug-likeness (QED) is 0.830. The average Bonchev–Trinajstić information content (AvgIpc) is 3.03. The van der Waals surface area contributed by atoms with Crippen LogP contribution in [0.5, 0.6) is 0 Å². The standard InChI is InChI=1S/C18H18F3N3O/c19-14-6-7-15(17(21)16(14)20)23-18(25)22-13-8-9-24(11-13)10-12-4-2-1-3-5-12/h1-7,13H,8-11H2,(H2,22,23,25). The molecule has 1 aliphatic rings. The van der Waals surface area contributed by atoms with Crippen molar-refractivity contribution in [3.8, 4) is 0 Å². The minimum absolute atomic E-state index is 0.0860. The van der Waals surface area contributed by atoms with Gasteiger partial charge < -0.3 is 10.6 Å². The van der Waals surface area contributed by atoms with E-state index in [1.54, 1.807) is 0 Å². The lowest BCUT2D eigenvalue weighted by Crippen LogP contribution is -2.39. The SMILES string of the molecule is O=C(Nc1ccc(F)c(F)c1F)NC1CCN(Cc2ccccc2)C1. The molecule has 2 aromatic rings. The molecule has 1 aliphatic heterocycles. The zero-order valence-corrected chi connectivity index (χ0v) is 13.4. The number of likely N-dealkylation sites (tertiary alicyclic amines) is 1. The average molecular weight is 349 g/mol. The molecular formula is C18H18F3N3O. The second kappa shape index (κ2) is 7.57. The van der Waals surface area contributed by atoms with E-state index in [1.807, 2.05) is 30.3 Å². The Morgan fingerprint density at radius 3 is 2.60 bits per heavy atom. The van der Waals surface area contributed by atoms with E-state index in [2.05, 4.69) is 15.5 Å². The number of anilines is 1. The molecular weight excluding hydrogens is 331 g/mol. The number of rotatable bonds is 4. The van der Waals surface area contributed by atoms with Crippen LogP contribution >= 0.6 is 0 Å². The van der Waals surface area contributed by atoms with Crippen LogP contribution in [0.4, 0.5) is 23.7 Å². The summed E-state index contributed by atoms with van der Waals surface area (Å²) in [5.41, 5.74) is 0.798. The maximum Gasteiger partial charge on any atom is 0.319 e. The number of benzene rings is 2. The molecule has 0 aromatic heterocycles. The normalized spacial score (nSPS) is 17.5. The fourth-order valence-corrected chi connectivity index (χ4v) is 2.90. The van der Waals surface area contributed by atoms with Crippen LogP contribution in [-0.2, 0) is 6.54 Å². The molecule has 2 N–H and O–H groups in total. The lowest BCUT2D eigenvalue weighted by molar-refractivity contribution is 0.247. The third kappa shape index (κ3) is 4.30. The Bertz CT molecular complexity index is 755. The molecule has 7 heteroatoms. The van der Waals surface area contributed by atoms with Crippen molar-refractivity contribution < 1.29 is 18.0 Å². The molecule has 1 atom stereocenters. The molecule has 1 saturated heterocycles. The summed E-state index contributed by atoms with van der Waals surface area (Å²) in [5.74, 6) is -4.31. The Morgan fingerprint density at radius 1 is 1.08 bits per heavy atom. The van der Waals surface area contributed by atoms with E-state index >= 15 is 0 Å². The topological polar surface area (TPSA) is 44.4 Å². The van der Waals surface area contributed by atoms with Gasteiger partial charge in [-0.3, -0.25) is 4.90 Å². The van der Waals surface area contributed by atoms with Crippen LogP contribution in [-0.4, -0.2) is 30.1 Å². The summed E-state index contributed by atoms with van der Waals surface area (Å²) >= 11 is 0. The van der Waals surface area contributed by atoms with Gasteiger partial charge in [-0.1, -0.05) is 30.3 Å². The lowest BCUT2D eigenvalue weighted by Gasteiger charge is -2.17. The fraction of sp³-hybridized carbons (Fsp3) is 0.278. The van der Waals surface area contributed by atoms with E-state index in [0.717, 1.165) is 31.6 Å². The number of amides is 2. The first-order chi connectivity index (χ1) is 12.0. The van der Waals surface area contributed by atoms with Crippen molar-refractivity contribution in [1.29, 1.82) is 0 Å². The number of nitrogens with zero attached hydrogens (tertiary/aromatic N) is 1. The Balaban J connectivity index is 1.52. The predicted octanol–water partition coefficient (Wildman–Crippen LogP) is 3.50. The third-order valence-electron chi connectivity index (χ3n) is 4.14. The van der Waals surface area contributed by atoms with Gasteiger partial charge in [-0.15, -0.1) is 0 Å². The smallest absolute Gasteiger partial charge is 0.319 e. The number of hydrogen-bond acceptors (Lipinski definition) is 2. The second-order valence-electron chi connectivity index (χ2n) is 6.03. The van der Waals surface area contributed by atoms with Crippen LogP contribution in [0.2, 0.25) is 0 Å². The van der Waals surface area contributed by atoms with Gasteiger partial charge in [-0.25, -0.2) is 18.0 Å². The van der Waals surface area contributed by atoms with Crippen molar-refractivity contribution in [2.45, 2.75) is 19.0 Å². The number of nitrogens with one attached hydrogen (secondary N) is 2. The summed E-state index contributed by atoms with van der Waals surface area (Å²) in [5, 5.41) is 4.95. The van der Waals surface area contributed by atoms with Gasteiger partial charge >= 0.3 is 6.03 Å². The maximum atomic E-state index is 13.6. The number of halogens is 3. The molecule has 1 unspecified atom stereocenters. The van der Waals surface area contributed by atoms with Gasteiger partial charge in [0, 0.05) is 25.7 Å². The molecule has 0 spiro atoms. The van der Waals surface area contributed by atoms with Crippen molar-refractivity contribution in [3.05, 3.63) is 65.5 Å². The molecule has 0 aliphatic carbocycles. The summed E-state index contributed by atoms with van der Waals surface area (Å²) in [6.07, 6.45) is 0.764. The molecule has 0 saturated carbocycles. The molecule has 132 valence electrons. The van der Waals surface area contributed by atoms with Crippen LogP contribution in [0.25, 0.3) is 0 Å². The Morgan fingerprint density at radius 2 is 1.84 bits per heavy atom. The molecule has 0 bridgehead atoms. The minimum atomic E-state index is -1.60. The van der Waals surface area contributed by atoms with Crippen LogP contribution < -0.4 is 10.6 Å². The molecule has 2 amide bonds. The summed E-state index contributed by atoms with van der Waals surface area (Å²) in [7, 11) is 0. The Labute approximate surface area is 143 Å². The highest BCUT2D eigenvalue weighted by atomic mass is 19.2. The minimum Gasteiger partial charge on any atom is -0.334 e. The molecule has 2 aromatic carbocycles. The van der Waals surface area contributed by atoms with Gasteiger partial charge in [0.2, 0.25) is 0 Å². The van der Waals surface area contributed by atoms with E-state index in [4.69, 9.17) is 0 Å². The van der Waals surface area contributed by atoms with Crippen LogP contribution in [0.1, 0.15) is 12.0 Å². The van der Waals surface area contributed by atoms with Gasteiger partial charge in [0.05, 0.1) is 5.69 Å². The van der Waals surface area contributed by atoms with Gasteiger partial charge in [-0.2, -0.15) is 0 Å². The molecule has 3 rings (SSSR count). The molecule has 4 nitrogen and oxygen atoms in total. The van der Waals surface area contributed by atoms with Gasteiger partial charge in [0.15, 0.2) is 17.5 Å². The third-order valence-corrected chi connectivity index (χ3v) is 4.14. The monoisotopic (exact) mass is 349 g/mol. The first-order valence-corrected chi connectivity index (χ1v) is 8.00. The van der Waals surface area contributed by atoms with E-state index in [-0.39, 0.29) is 6.04 Å². The summed E-state index contributed by atoms with van der Waals surface area (Å²) in [4.78, 5) is 14.2. The number of carbonyl (C=O) groups excluding carboxylic acids is 1. The predicted molar refractivity (Wildman–Crippen MR) is 88.6 cm³/mol. The highest BCUT2D eigenvalue weighted by Crippen LogP contribution is 2.20. The zero-order chi connectivity index (χ0) is 17.8. The van der Waals surface area contributed by atoms with Gasteiger partial charge in [0.1, 0.15) is 0 Å². The highest BCUT2D eigenvalue weighted by molar-refractivity contribution is 5.89. The van der Waals surface area contributed by atoms with Gasteiger partial charge in [-0.05, 0) is 24.1 Å².